The Morgan fingerprint density at radius 2 is 1.92 bits per heavy atom. The van der Waals surface area contributed by atoms with E-state index >= 15 is 0 Å². The molecule has 37 heavy (non-hydrogen) atoms. The summed E-state index contributed by atoms with van der Waals surface area (Å²) >= 11 is 1.62. The summed E-state index contributed by atoms with van der Waals surface area (Å²) in [4.78, 5) is 33.1. The van der Waals surface area contributed by atoms with E-state index in [1.807, 2.05) is 22.4 Å². The highest BCUT2D eigenvalue weighted by Gasteiger charge is 2.27. The van der Waals surface area contributed by atoms with E-state index in [9.17, 15) is 9.59 Å². The molecule has 2 amide bonds. The highest BCUT2D eigenvalue weighted by atomic mass is 32.1. The number of carbonyl (C=O) groups excluding carboxylic acids is 2. The van der Waals surface area contributed by atoms with Crippen LogP contribution in [0.3, 0.4) is 0 Å². The number of piperazine rings is 1. The van der Waals surface area contributed by atoms with E-state index < -0.39 is 0 Å². The Morgan fingerprint density at radius 1 is 1.16 bits per heavy atom. The van der Waals surface area contributed by atoms with Crippen LogP contribution in [0.5, 0.6) is 5.75 Å². The minimum Gasteiger partial charge on any atom is -0.495 e. The minimum atomic E-state index is -0.366. The molecule has 4 heterocycles. The van der Waals surface area contributed by atoms with Crippen molar-refractivity contribution in [3.63, 3.8) is 0 Å². The fourth-order valence-electron chi connectivity index (χ4n) is 5.14. The molecule has 3 aromatic heterocycles. The maximum absolute atomic E-state index is 11.9. The van der Waals surface area contributed by atoms with Gasteiger partial charge in [0.2, 0.25) is 11.8 Å². The molecule has 4 N–H and O–H groups in total. The van der Waals surface area contributed by atoms with Gasteiger partial charge in [-0.3, -0.25) is 14.5 Å². The Labute approximate surface area is 218 Å². The van der Waals surface area contributed by atoms with Gasteiger partial charge in [0.1, 0.15) is 17.6 Å². The number of rotatable bonds is 7. The molecule has 0 atom stereocenters. The maximum Gasteiger partial charge on any atom is 0.219 e. The lowest BCUT2D eigenvalue weighted by Crippen LogP contribution is -2.47. The van der Waals surface area contributed by atoms with Crippen molar-refractivity contribution < 1.29 is 14.3 Å². The van der Waals surface area contributed by atoms with E-state index in [-0.39, 0.29) is 18.2 Å². The lowest BCUT2D eigenvalue weighted by Gasteiger charge is -2.34. The van der Waals surface area contributed by atoms with Crippen molar-refractivity contribution in [1.29, 1.82) is 0 Å². The lowest BCUT2D eigenvalue weighted by atomic mass is 10.0. The van der Waals surface area contributed by atoms with Crippen LogP contribution in [0.1, 0.15) is 30.2 Å². The molecule has 1 aromatic carbocycles. The van der Waals surface area contributed by atoms with Crippen LogP contribution in [0.4, 0.5) is 5.82 Å². The molecule has 1 saturated heterocycles. The molecule has 1 aliphatic rings. The molecule has 194 valence electrons. The number of nitrogens with two attached hydrogens (primary N) is 2. The van der Waals surface area contributed by atoms with E-state index in [2.05, 4.69) is 27.1 Å². The van der Waals surface area contributed by atoms with Gasteiger partial charge in [-0.25, -0.2) is 9.50 Å². The van der Waals surface area contributed by atoms with Crippen molar-refractivity contribution in [2.45, 2.75) is 33.2 Å². The van der Waals surface area contributed by atoms with Gasteiger partial charge in [0.25, 0.3) is 0 Å². The smallest absolute Gasteiger partial charge is 0.219 e. The van der Waals surface area contributed by atoms with Crippen molar-refractivity contribution in [3.8, 4) is 16.2 Å². The molecule has 0 saturated carbocycles. The normalized spacial score (nSPS) is 14.5. The molecule has 10 nitrogen and oxygen atoms in total. The number of ether oxygens (including phenoxy) is 1. The average molecular weight is 522 g/mol. The molecule has 0 aliphatic carbocycles. The molecule has 1 fully saturated rings. The predicted octanol–water partition coefficient (Wildman–Crippen LogP) is 2.59. The molecular weight excluding hydrogens is 490 g/mol. The first kappa shape index (κ1) is 25.0. The molecular formula is C26H31N7O3S. The number of carbonyl (C=O) groups is 2. The van der Waals surface area contributed by atoms with Crippen LogP contribution in [0.2, 0.25) is 0 Å². The SMILES string of the molecule is COc1cc(C)cc2cc(-c3c(CCC(N)=O)c(CN4CCN(C(C)=O)CC4)n4ncnc(N)c34)sc12. The molecule has 0 unspecified atom stereocenters. The number of benzene rings is 1. The molecule has 5 rings (SSSR count). The van der Waals surface area contributed by atoms with Gasteiger partial charge in [-0.1, -0.05) is 6.07 Å². The van der Waals surface area contributed by atoms with E-state index in [0.717, 1.165) is 61.7 Å². The number of fused-ring (bicyclic) bond motifs is 2. The summed E-state index contributed by atoms with van der Waals surface area (Å²) < 4.78 is 8.57. The topological polar surface area (TPSA) is 132 Å². The van der Waals surface area contributed by atoms with Crippen molar-refractivity contribution in [2.75, 3.05) is 39.0 Å². The van der Waals surface area contributed by atoms with Crippen molar-refractivity contribution >= 4 is 44.6 Å². The van der Waals surface area contributed by atoms with Crippen LogP contribution >= 0.6 is 11.3 Å². The minimum absolute atomic E-state index is 0.0909. The Kier molecular flexibility index (Phi) is 6.74. The molecule has 11 heteroatoms. The van der Waals surface area contributed by atoms with Crippen molar-refractivity contribution in [3.05, 3.63) is 41.3 Å². The van der Waals surface area contributed by atoms with Gasteiger partial charge in [-0.15, -0.1) is 11.3 Å². The second kappa shape index (κ2) is 9.98. The monoisotopic (exact) mass is 521 g/mol. The summed E-state index contributed by atoms with van der Waals surface area (Å²) in [7, 11) is 1.68. The van der Waals surface area contributed by atoms with Gasteiger partial charge in [-0.2, -0.15) is 5.10 Å². The van der Waals surface area contributed by atoms with Gasteiger partial charge in [0.15, 0.2) is 5.82 Å². The molecule has 0 radical (unpaired) electrons. The van der Waals surface area contributed by atoms with Crippen LogP contribution in [0.25, 0.3) is 26.0 Å². The highest BCUT2D eigenvalue weighted by molar-refractivity contribution is 7.22. The lowest BCUT2D eigenvalue weighted by molar-refractivity contribution is -0.130. The van der Waals surface area contributed by atoms with Crippen LogP contribution in [-0.4, -0.2) is 69.5 Å². The molecule has 1 aliphatic heterocycles. The largest absolute Gasteiger partial charge is 0.495 e. The van der Waals surface area contributed by atoms with Gasteiger partial charge in [-0.05, 0) is 42.0 Å². The summed E-state index contributed by atoms with van der Waals surface area (Å²) in [5.41, 5.74) is 16.7. The quantitative estimate of drug-likeness (QED) is 0.382. The number of nitrogen functional groups attached to an aromatic ring is 1. The summed E-state index contributed by atoms with van der Waals surface area (Å²) in [5, 5.41) is 5.66. The summed E-state index contributed by atoms with van der Waals surface area (Å²) in [6.45, 7) is 7.09. The van der Waals surface area contributed by atoms with Gasteiger partial charge < -0.3 is 21.1 Å². The number of amides is 2. The van der Waals surface area contributed by atoms with Crippen molar-refractivity contribution in [1.82, 2.24) is 24.4 Å². The third-order valence-electron chi connectivity index (χ3n) is 6.97. The third-order valence-corrected chi connectivity index (χ3v) is 8.15. The van der Waals surface area contributed by atoms with E-state index in [4.69, 9.17) is 16.2 Å². The molecule has 0 bridgehead atoms. The first-order valence-corrected chi connectivity index (χ1v) is 13.1. The third kappa shape index (κ3) is 4.72. The first-order valence-electron chi connectivity index (χ1n) is 12.2. The Bertz CT molecular complexity index is 1500. The zero-order valence-electron chi connectivity index (χ0n) is 21.3. The maximum atomic E-state index is 11.9. The first-order chi connectivity index (χ1) is 17.8. The predicted molar refractivity (Wildman–Crippen MR) is 145 cm³/mol. The zero-order chi connectivity index (χ0) is 26.3. The second-order valence-corrected chi connectivity index (χ2v) is 10.5. The summed E-state index contributed by atoms with van der Waals surface area (Å²) in [6.07, 6.45) is 2.12. The van der Waals surface area contributed by atoms with E-state index in [1.54, 1.807) is 25.4 Å². The molecule has 4 aromatic rings. The number of hydrogen-bond acceptors (Lipinski definition) is 8. The number of methoxy groups -OCH3 is 1. The Balaban J connectivity index is 1.67. The molecule has 0 spiro atoms. The van der Waals surface area contributed by atoms with Gasteiger partial charge in [0.05, 0.1) is 17.5 Å². The summed E-state index contributed by atoms with van der Waals surface area (Å²) in [5.74, 6) is 0.919. The van der Waals surface area contributed by atoms with Crippen LogP contribution in [0.15, 0.2) is 24.5 Å². The number of nitrogens with zero attached hydrogens (tertiary/aromatic N) is 5. The Hall–Kier alpha value is -3.70. The van der Waals surface area contributed by atoms with Gasteiger partial charge in [0, 0.05) is 56.5 Å². The summed E-state index contributed by atoms with van der Waals surface area (Å²) in [6, 6.07) is 6.30. The zero-order valence-corrected chi connectivity index (χ0v) is 22.1. The van der Waals surface area contributed by atoms with Crippen molar-refractivity contribution in [2.24, 2.45) is 5.73 Å². The number of primary amides is 1. The fourth-order valence-corrected chi connectivity index (χ4v) is 6.34. The second-order valence-electron chi connectivity index (χ2n) is 9.45. The highest BCUT2D eigenvalue weighted by Crippen LogP contribution is 2.44. The van der Waals surface area contributed by atoms with Crippen LogP contribution < -0.4 is 16.2 Å². The number of aryl methyl sites for hydroxylation is 1. The van der Waals surface area contributed by atoms with Crippen LogP contribution in [-0.2, 0) is 22.6 Å². The fraction of sp³-hybridized carbons (Fsp3) is 0.385. The number of anilines is 1. The number of thiophene rings is 1. The van der Waals surface area contributed by atoms with E-state index in [1.165, 1.54) is 6.33 Å². The Morgan fingerprint density at radius 3 is 2.59 bits per heavy atom. The standard InChI is InChI=1S/C26H31N7O3S/c1-15-10-17-12-21(37-25(17)20(11-15)36-3)23-18(4-5-22(27)35)19(33-24(23)26(28)29-14-30-33)13-31-6-8-32(9-7-31)16(2)34/h10-12,14H,4-9,13H2,1-3H3,(H2,27,35)(H2,28,29,30). The van der Waals surface area contributed by atoms with Gasteiger partial charge >= 0.3 is 0 Å². The van der Waals surface area contributed by atoms with E-state index in [0.29, 0.717) is 31.9 Å². The number of hydrogen-bond donors (Lipinski definition) is 2. The average Bonchev–Trinajstić information content (AvgIpc) is 3.42. The van der Waals surface area contributed by atoms with Crippen LogP contribution in [0, 0.1) is 6.92 Å². The number of aromatic nitrogens is 3.